The summed E-state index contributed by atoms with van der Waals surface area (Å²) in [5.41, 5.74) is 2.45. The Labute approximate surface area is 142 Å². The van der Waals surface area contributed by atoms with Crippen LogP contribution < -0.4 is 9.80 Å². The zero-order valence-electron chi connectivity index (χ0n) is 13.8. The average molecular weight is 332 g/mol. The fourth-order valence-corrected chi connectivity index (χ4v) is 3.24. The van der Waals surface area contributed by atoms with Crippen molar-refractivity contribution in [3.8, 4) is 0 Å². The number of rotatable bonds is 9. The van der Waals surface area contributed by atoms with E-state index in [4.69, 9.17) is 18.9 Å². The molecule has 0 saturated carbocycles. The van der Waals surface area contributed by atoms with Crippen molar-refractivity contribution in [2.24, 2.45) is 0 Å². The summed E-state index contributed by atoms with van der Waals surface area (Å²) >= 11 is 0. The Morgan fingerprint density at radius 1 is 0.833 bits per heavy atom. The molecule has 4 aliphatic rings. The highest BCUT2D eigenvalue weighted by Gasteiger charge is 2.34. The molecule has 0 spiro atoms. The summed E-state index contributed by atoms with van der Waals surface area (Å²) in [6.07, 6.45) is 2.38. The minimum Gasteiger partial charge on any atom is -0.371 e. The molecule has 24 heavy (non-hydrogen) atoms. The second kappa shape index (κ2) is 6.19. The van der Waals surface area contributed by atoms with Crippen LogP contribution in [0.3, 0.4) is 0 Å². The number of ether oxygens (including phenoxy) is 4. The second-order valence-electron chi connectivity index (χ2n) is 7.06. The molecule has 0 aromatic heterocycles. The van der Waals surface area contributed by atoms with Crippen molar-refractivity contribution < 1.29 is 18.9 Å². The fourth-order valence-electron chi connectivity index (χ4n) is 3.24. The van der Waals surface area contributed by atoms with Gasteiger partial charge in [0.1, 0.15) is 6.23 Å². The molecule has 130 valence electrons. The summed E-state index contributed by atoms with van der Waals surface area (Å²) < 4.78 is 22.1. The molecule has 4 heterocycles. The summed E-state index contributed by atoms with van der Waals surface area (Å²) in [4.78, 5) is 4.75. The van der Waals surface area contributed by atoms with Crippen molar-refractivity contribution in [3.05, 3.63) is 24.3 Å². The van der Waals surface area contributed by atoms with Gasteiger partial charge in [-0.1, -0.05) is 6.07 Å². The van der Waals surface area contributed by atoms with Gasteiger partial charge in [0.25, 0.3) is 0 Å². The minimum atomic E-state index is 0.191. The lowest BCUT2D eigenvalue weighted by molar-refractivity contribution is -0.0516. The van der Waals surface area contributed by atoms with E-state index in [2.05, 4.69) is 34.1 Å². The summed E-state index contributed by atoms with van der Waals surface area (Å²) in [6.45, 7) is 6.27. The van der Waals surface area contributed by atoms with Gasteiger partial charge < -0.3 is 28.7 Å². The molecule has 4 unspecified atom stereocenters. The lowest BCUT2D eigenvalue weighted by atomic mass is 10.1. The van der Waals surface area contributed by atoms with E-state index in [0.717, 1.165) is 52.5 Å². The first-order chi connectivity index (χ1) is 11.8. The van der Waals surface area contributed by atoms with Gasteiger partial charge in [-0.2, -0.15) is 0 Å². The van der Waals surface area contributed by atoms with Gasteiger partial charge in [0.15, 0.2) is 0 Å². The largest absolute Gasteiger partial charge is 0.371 e. The number of benzene rings is 1. The smallest absolute Gasteiger partial charge is 0.132 e. The Balaban J connectivity index is 1.35. The fraction of sp³-hybridized carbons (Fsp3) is 0.667. The number of hydrogen-bond donors (Lipinski definition) is 0. The third-order valence-electron chi connectivity index (χ3n) is 5.00. The highest BCUT2D eigenvalue weighted by molar-refractivity contribution is 5.60. The van der Waals surface area contributed by atoms with Crippen LogP contribution >= 0.6 is 0 Å². The Morgan fingerprint density at radius 3 is 1.96 bits per heavy atom. The van der Waals surface area contributed by atoms with Crippen molar-refractivity contribution in [2.45, 2.75) is 31.0 Å². The molecule has 4 atom stereocenters. The zero-order chi connectivity index (χ0) is 15.9. The molecule has 6 heteroatoms. The molecule has 0 N–H and O–H groups in total. The molecule has 0 aliphatic carbocycles. The van der Waals surface area contributed by atoms with Crippen LogP contribution in [-0.2, 0) is 18.9 Å². The van der Waals surface area contributed by atoms with E-state index in [1.54, 1.807) is 0 Å². The molecule has 4 aliphatic heterocycles. The number of nitrogens with zero attached hydrogens (tertiary/aromatic N) is 2. The standard InChI is InChI=1S/C18H24N2O4/c1-2-13(19(7-15-10-22-15)8-16-11-23-16)6-14(3-1)20(9-17-12-24-17)18-4-5-21-18/h1-3,6,15-18H,4-5,7-12H2. The van der Waals surface area contributed by atoms with Gasteiger partial charge in [0.05, 0.1) is 44.7 Å². The molecule has 6 nitrogen and oxygen atoms in total. The van der Waals surface area contributed by atoms with Gasteiger partial charge in [0.2, 0.25) is 0 Å². The molecular weight excluding hydrogens is 308 g/mol. The number of anilines is 2. The van der Waals surface area contributed by atoms with Crippen molar-refractivity contribution in [3.63, 3.8) is 0 Å². The summed E-state index contributed by atoms with van der Waals surface area (Å²) in [7, 11) is 0. The van der Waals surface area contributed by atoms with E-state index in [-0.39, 0.29) is 6.23 Å². The molecule has 4 fully saturated rings. The van der Waals surface area contributed by atoms with Crippen LogP contribution in [0.1, 0.15) is 6.42 Å². The van der Waals surface area contributed by atoms with Crippen molar-refractivity contribution >= 4 is 11.4 Å². The highest BCUT2D eigenvalue weighted by atomic mass is 16.6. The average Bonchev–Trinajstić information content (AvgIpc) is 3.39. The van der Waals surface area contributed by atoms with Crippen molar-refractivity contribution in [1.82, 2.24) is 0 Å². The first kappa shape index (κ1) is 15.0. The lowest BCUT2D eigenvalue weighted by Crippen LogP contribution is -2.46. The molecule has 0 amide bonds. The monoisotopic (exact) mass is 332 g/mol. The Hall–Kier alpha value is -1.34. The first-order valence-electron chi connectivity index (χ1n) is 8.93. The van der Waals surface area contributed by atoms with E-state index >= 15 is 0 Å². The van der Waals surface area contributed by atoms with Crippen LogP contribution in [0, 0.1) is 0 Å². The third kappa shape index (κ3) is 3.52. The highest BCUT2D eigenvalue weighted by Crippen LogP contribution is 2.31. The van der Waals surface area contributed by atoms with Crippen LogP contribution in [0.5, 0.6) is 0 Å². The molecule has 4 saturated heterocycles. The van der Waals surface area contributed by atoms with E-state index in [1.165, 1.54) is 11.4 Å². The van der Waals surface area contributed by atoms with Gasteiger partial charge in [-0.3, -0.25) is 0 Å². The molecule has 0 radical (unpaired) electrons. The zero-order valence-corrected chi connectivity index (χ0v) is 13.8. The number of epoxide rings is 3. The van der Waals surface area contributed by atoms with Gasteiger partial charge in [-0.15, -0.1) is 0 Å². The maximum absolute atomic E-state index is 5.74. The van der Waals surface area contributed by atoms with Crippen LogP contribution in [0.2, 0.25) is 0 Å². The van der Waals surface area contributed by atoms with E-state index in [9.17, 15) is 0 Å². The quantitative estimate of drug-likeness (QED) is 0.634. The predicted molar refractivity (Wildman–Crippen MR) is 89.6 cm³/mol. The maximum Gasteiger partial charge on any atom is 0.132 e. The maximum atomic E-state index is 5.74. The second-order valence-corrected chi connectivity index (χ2v) is 7.06. The first-order valence-corrected chi connectivity index (χ1v) is 8.93. The van der Waals surface area contributed by atoms with Gasteiger partial charge in [0, 0.05) is 37.4 Å². The van der Waals surface area contributed by atoms with Crippen LogP contribution in [0.15, 0.2) is 24.3 Å². The van der Waals surface area contributed by atoms with Gasteiger partial charge in [-0.25, -0.2) is 0 Å². The van der Waals surface area contributed by atoms with Gasteiger partial charge in [-0.05, 0) is 18.2 Å². The van der Waals surface area contributed by atoms with E-state index < -0.39 is 0 Å². The van der Waals surface area contributed by atoms with Crippen molar-refractivity contribution in [1.29, 1.82) is 0 Å². The third-order valence-corrected chi connectivity index (χ3v) is 5.00. The van der Waals surface area contributed by atoms with Crippen LogP contribution in [0.4, 0.5) is 11.4 Å². The Bertz CT molecular complexity index is 568. The summed E-state index contributed by atoms with van der Waals surface area (Å²) in [5.74, 6) is 0. The molecule has 1 aromatic rings. The molecule has 0 bridgehead atoms. The van der Waals surface area contributed by atoms with Crippen LogP contribution in [-0.4, -0.2) is 70.6 Å². The topological polar surface area (TPSA) is 53.3 Å². The lowest BCUT2D eigenvalue weighted by Gasteiger charge is -2.39. The van der Waals surface area contributed by atoms with Crippen molar-refractivity contribution in [2.75, 3.05) is 55.9 Å². The summed E-state index contributed by atoms with van der Waals surface area (Å²) in [5, 5.41) is 0. The normalized spacial score (nSPS) is 32.8. The van der Waals surface area contributed by atoms with Gasteiger partial charge >= 0.3 is 0 Å². The molecular formula is C18H24N2O4. The van der Waals surface area contributed by atoms with E-state index in [1.807, 2.05) is 0 Å². The predicted octanol–water partition coefficient (Wildman–Crippen LogP) is 1.24. The van der Waals surface area contributed by atoms with Crippen LogP contribution in [0.25, 0.3) is 0 Å². The molecule has 5 rings (SSSR count). The Morgan fingerprint density at radius 2 is 1.42 bits per heavy atom. The number of hydrogen-bond acceptors (Lipinski definition) is 6. The Kier molecular flexibility index (Phi) is 3.86. The SMILES string of the molecule is c1cc(N(CC2CO2)CC2CO2)cc(N(CC2CO2)C2CCO2)c1. The molecule has 1 aromatic carbocycles. The van der Waals surface area contributed by atoms with E-state index in [0.29, 0.717) is 18.3 Å². The summed E-state index contributed by atoms with van der Waals surface area (Å²) in [6, 6.07) is 8.77. The minimum absolute atomic E-state index is 0.191.